The molecule has 1 aromatic rings. The van der Waals surface area contributed by atoms with Gasteiger partial charge in [0.1, 0.15) is 11.5 Å². The Bertz CT molecular complexity index is 708. The Kier molecular flexibility index (Phi) is 11.3. The summed E-state index contributed by atoms with van der Waals surface area (Å²) in [6.45, 7) is 11.6. The minimum Gasteiger partial charge on any atom is -0.465 e. The minimum absolute atomic E-state index is 0. The number of piperidine rings is 1. The Morgan fingerprint density at radius 2 is 1.91 bits per heavy atom. The van der Waals surface area contributed by atoms with Crippen LogP contribution in [0.15, 0.2) is 21.5 Å². The quantitative estimate of drug-likeness (QED) is 0.283. The van der Waals surface area contributed by atoms with Gasteiger partial charge in [-0.1, -0.05) is 0 Å². The lowest BCUT2D eigenvalue weighted by atomic mass is 10.1. The highest BCUT2D eigenvalue weighted by atomic mass is 127. The van der Waals surface area contributed by atoms with Gasteiger partial charge < -0.3 is 24.1 Å². The maximum Gasteiger partial charge on any atom is 0.193 e. The second-order valence-electron chi connectivity index (χ2n) is 9.41. The fourth-order valence-electron chi connectivity index (χ4n) is 5.09. The molecule has 7 nitrogen and oxygen atoms in total. The highest BCUT2D eigenvalue weighted by molar-refractivity contribution is 14.0. The van der Waals surface area contributed by atoms with Gasteiger partial charge in [0.15, 0.2) is 5.96 Å². The van der Waals surface area contributed by atoms with Gasteiger partial charge in [-0.3, -0.25) is 9.89 Å². The molecular formula is C25H43IN4O3. The first-order valence-corrected chi connectivity index (χ1v) is 12.8. The molecule has 0 saturated carbocycles. The van der Waals surface area contributed by atoms with E-state index in [1.165, 1.54) is 25.7 Å². The lowest BCUT2D eigenvalue weighted by Crippen LogP contribution is -2.47. The molecule has 0 aliphatic carbocycles. The molecule has 3 aliphatic heterocycles. The summed E-state index contributed by atoms with van der Waals surface area (Å²) in [4.78, 5) is 10.0. The summed E-state index contributed by atoms with van der Waals surface area (Å²) in [5.74, 6) is 3.04. The summed E-state index contributed by atoms with van der Waals surface area (Å²) in [5, 5.41) is 3.52. The number of furan rings is 1. The molecule has 0 spiro atoms. The van der Waals surface area contributed by atoms with E-state index < -0.39 is 0 Å². The van der Waals surface area contributed by atoms with Crippen LogP contribution in [-0.4, -0.2) is 80.4 Å². The number of guanidine groups is 1. The topological polar surface area (TPSA) is 62.5 Å². The SMILES string of the molecule is CCNC(=NCC(c1ccc(C)o1)N1CCCC1)N1CCC(OCC2CCCCO2)CC1.I. The first-order chi connectivity index (χ1) is 15.7. The average Bonchev–Trinajstić information content (AvgIpc) is 3.51. The molecule has 0 aromatic carbocycles. The maximum absolute atomic E-state index is 6.21. The first kappa shape index (κ1) is 26.8. The van der Waals surface area contributed by atoms with Gasteiger partial charge in [-0.2, -0.15) is 0 Å². The van der Waals surface area contributed by atoms with E-state index >= 15 is 0 Å². The number of rotatable bonds is 8. The second-order valence-corrected chi connectivity index (χ2v) is 9.41. The summed E-state index contributed by atoms with van der Waals surface area (Å²) in [7, 11) is 0. The van der Waals surface area contributed by atoms with Gasteiger partial charge in [0.25, 0.3) is 0 Å². The van der Waals surface area contributed by atoms with Crippen molar-refractivity contribution in [3.8, 4) is 0 Å². The fourth-order valence-corrected chi connectivity index (χ4v) is 5.09. The van der Waals surface area contributed by atoms with Gasteiger partial charge in [0.05, 0.1) is 31.4 Å². The van der Waals surface area contributed by atoms with E-state index in [2.05, 4.69) is 34.2 Å². The highest BCUT2D eigenvalue weighted by Crippen LogP contribution is 2.27. The third-order valence-electron chi connectivity index (χ3n) is 6.95. The van der Waals surface area contributed by atoms with Crippen LogP contribution in [0.5, 0.6) is 0 Å². The molecule has 2 unspecified atom stereocenters. The Hall–Kier alpha value is -0.840. The number of nitrogens with one attached hydrogen (secondary N) is 1. The van der Waals surface area contributed by atoms with Crippen LogP contribution in [0.25, 0.3) is 0 Å². The third kappa shape index (κ3) is 7.83. The number of likely N-dealkylation sites (tertiary alicyclic amines) is 2. The fraction of sp³-hybridized carbons (Fsp3) is 0.800. The van der Waals surface area contributed by atoms with Gasteiger partial charge in [0.2, 0.25) is 0 Å². The van der Waals surface area contributed by atoms with E-state index in [1.54, 1.807) is 0 Å². The summed E-state index contributed by atoms with van der Waals surface area (Å²) < 4.78 is 18.0. The van der Waals surface area contributed by atoms with Gasteiger partial charge in [-0.05, 0) is 84.0 Å². The molecule has 4 rings (SSSR count). The molecule has 8 heteroatoms. The summed E-state index contributed by atoms with van der Waals surface area (Å²) in [6, 6.07) is 4.41. The Labute approximate surface area is 216 Å². The van der Waals surface area contributed by atoms with E-state index in [0.717, 1.165) is 89.2 Å². The van der Waals surface area contributed by atoms with E-state index in [9.17, 15) is 0 Å². The number of aliphatic imine (C=N–C) groups is 1. The zero-order chi connectivity index (χ0) is 22.2. The average molecular weight is 575 g/mol. The van der Waals surface area contributed by atoms with Crippen molar-refractivity contribution < 1.29 is 13.9 Å². The zero-order valence-corrected chi connectivity index (χ0v) is 22.8. The predicted octanol–water partition coefficient (Wildman–Crippen LogP) is 4.36. The number of halogens is 1. The number of aryl methyl sites for hydroxylation is 1. The van der Waals surface area contributed by atoms with Crippen LogP contribution in [-0.2, 0) is 9.47 Å². The summed E-state index contributed by atoms with van der Waals surface area (Å²) in [5.41, 5.74) is 0. The molecule has 3 fully saturated rings. The van der Waals surface area contributed by atoms with E-state index in [1.807, 2.05) is 6.92 Å². The molecule has 188 valence electrons. The molecule has 1 N–H and O–H groups in total. The number of hydrogen-bond donors (Lipinski definition) is 1. The van der Waals surface area contributed by atoms with E-state index in [-0.39, 0.29) is 30.0 Å². The van der Waals surface area contributed by atoms with Crippen LogP contribution in [0.2, 0.25) is 0 Å². The standard InChI is InChI=1S/C25H42N4O3.HI/c1-3-26-25(27-18-23(28-13-5-6-14-28)24-10-9-20(2)32-24)29-15-11-21(12-16-29)31-19-22-8-4-7-17-30-22;/h9-10,21-23H,3-8,11-19H2,1-2H3,(H,26,27);1H. The normalized spacial score (nSPS) is 24.0. The van der Waals surface area contributed by atoms with Crippen molar-refractivity contribution in [3.05, 3.63) is 23.7 Å². The van der Waals surface area contributed by atoms with Crippen LogP contribution in [0.4, 0.5) is 0 Å². The minimum atomic E-state index is 0. The molecule has 33 heavy (non-hydrogen) atoms. The molecular weight excluding hydrogens is 531 g/mol. The molecule has 0 radical (unpaired) electrons. The molecule has 2 atom stereocenters. The molecule has 3 aliphatic rings. The third-order valence-corrected chi connectivity index (χ3v) is 6.95. The highest BCUT2D eigenvalue weighted by Gasteiger charge is 2.27. The molecule has 1 aromatic heterocycles. The lowest BCUT2D eigenvalue weighted by Gasteiger charge is -2.35. The summed E-state index contributed by atoms with van der Waals surface area (Å²) >= 11 is 0. The van der Waals surface area contributed by atoms with Crippen LogP contribution < -0.4 is 5.32 Å². The molecule has 0 amide bonds. The van der Waals surface area contributed by atoms with Crippen molar-refractivity contribution in [1.82, 2.24) is 15.1 Å². The smallest absolute Gasteiger partial charge is 0.193 e. The molecule has 3 saturated heterocycles. The van der Waals surface area contributed by atoms with Crippen LogP contribution >= 0.6 is 24.0 Å². The van der Waals surface area contributed by atoms with Crippen molar-refractivity contribution in [1.29, 1.82) is 0 Å². The Balaban J connectivity index is 0.00000306. The number of ether oxygens (including phenoxy) is 2. The van der Waals surface area contributed by atoms with E-state index in [4.69, 9.17) is 18.9 Å². The van der Waals surface area contributed by atoms with Gasteiger partial charge in [-0.15, -0.1) is 24.0 Å². The van der Waals surface area contributed by atoms with Crippen LogP contribution in [0.1, 0.15) is 69.4 Å². The van der Waals surface area contributed by atoms with Crippen molar-refractivity contribution >= 4 is 29.9 Å². The van der Waals surface area contributed by atoms with Crippen molar-refractivity contribution in [2.24, 2.45) is 4.99 Å². The Morgan fingerprint density at radius 3 is 2.55 bits per heavy atom. The van der Waals surface area contributed by atoms with Gasteiger partial charge >= 0.3 is 0 Å². The van der Waals surface area contributed by atoms with Crippen molar-refractivity contribution in [2.45, 2.75) is 77.0 Å². The summed E-state index contributed by atoms with van der Waals surface area (Å²) in [6.07, 6.45) is 8.86. The van der Waals surface area contributed by atoms with Gasteiger partial charge in [0, 0.05) is 26.2 Å². The van der Waals surface area contributed by atoms with Gasteiger partial charge in [-0.25, -0.2) is 0 Å². The monoisotopic (exact) mass is 574 g/mol. The van der Waals surface area contributed by atoms with E-state index in [0.29, 0.717) is 12.2 Å². The first-order valence-electron chi connectivity index (χ1n) is 12.8. The van der Waals surface area contributed by atoms with Crippen molar-refractivity contribution in [3.63, 3.8) is 0 Å². The van der Waals surface area contributed by atoms with Crippen LogP contribution in [0.3, 0.4) is 0 Å². The number of hydrogen-bond acceptors (Lipinski definition) is 5. The van der Waals surface area contributed by atoms with Crippen LogP contribution in [0, 0.1) is 6.92 Å². The second kappa shape index (κ2) is 13.9. The van der Waals surface area contributed by atoms with Crippen molar-refractivity contribution in [2.75, 3.05) is 52.5 Å². The lowest BCUT2D eigenvalue weighted by molar-refractivity contribution is -0.0721. The number of nitrogens with zero attached hydrogens (tertiary/aromatic N) is 3. The maximum atomic E-state index is 6.21. The molecule has 0 bridgehead atoms. The zero-order valence-electron chi connectivity index (χ0n) is 20.5. The largest absolute Gasteiger partial charge is 0.465 e. The molecule has 4 heterocycles. The predicted molar refractivity (Wildman–Crippen MR) is 143 cm³/mol. The Morgan fingerprint density at radius 1 is 1.12 bits per heavy atom.